The van der Waals surface area contributed by atoms with Gasteiger partial charge in [0.25, 0.3) is 0 Å². The highest BCUT2D eigenvalue weighted by Crippen LogP contribution is 2.58. The van der Waals surface area contributed by atoms with Crippen LogP contribution in [0.3, 0.4) is 0 Å². The number of aliphatic hydroxyl groups excluding tert-OH is 1. The molecule has 1 unspecified atom stereocenters. The molecule has 126 valence electrons. The molecule has 3 aromatic rings. The Balaban J connectivity index is 1.63. The molecular weight excluding hydrogens is 341 g/mol. The zero-order valence-corrected chi connectivity index (χ0v) is 12.9. The fourth-order valence-electron chi connectivity index (χ4n) is 3.18. The number of aromatic nitrogens is 5. The van der Waals surface area contributed by atoms with Gasteiger partial charge in [0.1, 0.15) is 24.6 Å². The van der Waals surface area contributed by atoms with Crippen LogP contribution in [0.1, 0.15) is 6.23 Å². The van der Waals surface area contributed by atoms with Gasteiger partial charge in [-0.2, -0.15) is 0 Å². The molecule has 0 bridgehead atoms. The van der Waals surface area contributed by atoms with Gasteiger partial charge in [-0.15, -0.1) is 0 Å². The number of phosphoric ester groups is 1. The second-order valence-corrected chi connectivity index (χ2v) is 6.94. The predicted octanol–water partition coefficient (Wildman–Crippen LogP) is -0.147. The minimum absolute atomic E-state index is 0.369. The fraction of sp³-hybridized carbons (Fsp3) is 0.417. The predicted molar refractivity (Wildman–Crippen MR) is 76.8 cm³/mol. The Morgan fingerprint density at radius 1 is 1.17 bits per heavy atom. The second kappa shape index (κ2) is 4.82. The summed E-state index contributed by atoms with van der Waals surface area (Å²) in [6, 6.07) is 0. The molecule has 3 aromatic heterocycles. The van der Waals surface area contributed by atoms with Crippen LogP contribution in [0.15, 0.2) is 25.0 Å². The third-order valence-corrected chi connectivity index (χ3v) is 5.22. The Bertz CT molecular complexity index is 987. The molecule has 2 N–H and O–H groups in total. The Labute approximate surface area is 134 Å². The van der Waals surface area contributed by atoms with Gasteiger partial charge in [0, 0.05) is 12.4 Å². The van der Waals surface area contributed by atoms with E-state index in [1.165, 1.54) is 6.33 Å². The van der Waals surface area contributed by atoms with E-state index in [-0.39, 0.29) is 6.61 Å². The smallest absolute Gasteiger partial charge is 0.394 e. The average Bonchev–Trinajstić information content (AvgIpc) is 3.26. The molecule has 5 atom stereocenters. The molecule has 0 saturated carbocycles. The maximum absolute atomic E-state index is 11.7. The van der Waals surface area contributed by atoms with Gasteiger partial charge in [-0.25, -0.2) is 19.5 Å². The molecule has 2 fully saturated rings. The highest BCUT2D eigenvalue weighted by molar-refractivity contribution is 7.47. The lowest BCUT2D eigenvalue weighted by Crippen LogP contribution is -2.30. The summed E-state index contributed by atoms with van der Waals surface area (Å²) in [5, 5.41) is 9.44. The number of imidazole rings is 2. The molecule has 0 radical (unpaired) electrons. The Morgan fingerprint density at radius 2 is 2.00 bits per heavy atom. The summed E-state index contributed by atoms with van der Waals surface area (Å²) in [7, 11) is -4.16. The number of hydrogen-bond acceptors (Lipinski definition) is 8. The van der Waals surface area contributed by atoms with E-state index in [0.717, 1.165) is 0 Å². The highest BCUT2D eigenvalue weighted by atomic mass is 31.2. The first-order chi connectivity index (χ1) is 11.6. The molecule has 0 amide bonds. The molecule has 12 heteroatoms. The molecule has 0 aromatic carbocycles. The Morgan fingerprint density at radius 3 is 2.83 bits per heavy atom. The maximum Gasteiger partial charge on any atom is 0.473 e. The summed E-state index contributed by atoms with van der Waals surface area (Å²) in [5.41, 5.74) is 1.67. The number of aliphatic hydroxyl groups is 1. The molecule has 5 heterocycles. The molecule has 2 aliphatic heterocycles. The van der Waals surface area contributed by atoms with Crippen LogP contribution in [-0.4, -0.2) is 58.8 Å². The minimum atomic E-state index is -4.16. The largest absolute Gasteiger partial charge is 0.473 e. The molecular formula is C12H12N5O6P. The second-order valence-electron chi connectivity index (χ2n) is 5.58. The molecule has 24 heavy (non-hydrogen) atoms. The van der Waals surface area contributed by atoms with Gasteiger partial charge in [0.05, 0.1) is 12.9 Å². The fourth-order valence-corrected chi connectivity index (χ4v) is 4.33. The van der Waals surface area contributed by atoms with E-state index < -0.39 is 32.4 Å². The van der Waals surface area contributed by atoms with Crippen LogP contribution < -0.4 is 0 Å². The number of ether oxygens (including phenoxy) is 1. The zero-order chi connectivity index (χ0) is 16.5. The van der Waals surface area contributed by atoms with Crippen molar-refractivity contribution in [3.8, 4) is 0 Å². The van der Waals surface area contributed by atoms with E-state index in [4.69, 9.17) is 13.8 Å². The van der Waals surface area contributed by atoms with Crippen molar-refractivity contribution >= 4 is 24.6 Å². The lowest BCUT2D eigenvalue weighted by molar-refractivity contribution is -0.0589. The Kier molecular flexibility index (Phi) is 2.90. The van der Waals surface area contributed by atoms with Crippen molar-refractivity contribution in [2.75, 3.05) is 6.61 Å². The quantitative estimate of drug-likeness (QED) is 0.603. The van der Waals surface area contributed by atoms with Crippen LogP contribution in [-0.2, 0) is 18.3 Å². The van der Waals surface area contributed by atoms with Crippen LogP contribution in [0.5, 0.6) is 0 Å². The molecule has 2 saturated heterocycles. The number of fused-ring (bicyclic) bond motifs is 4. The van der Waals surface area contributed by atoms with Gasteiger partial charge in [-0.05, 0) is 0 Å². The number of phosphoric acid groups is 1. The lowest BCUT2D eigenvalue weighted by Gasteiger charge is -2.18. The molecule has 11 nitrogen and oxygen atoms in total. The van der Waals surface area contributed by atoms with Gasteiger partial charge in [0.15, 0.2) is 23.0 Å². The van der Waals surface area contributed by atoms with Crippen molar-refractivity contribution in [1.82, 2.24) is 23.9 Å². The molecule has 0 aliphatic carbocycles. The van der Waals surface area contributed by atoms with Crippen LogP contribution in [0, 0.1) is 0 Å². The van der Waals surface area contributed by atoms with Crippen molar-refractivity contribution in [2.24, 2.45) is 0 Å². The lowest BCUT2D eigenvalue weighted by atomic mass is 10.1. The zero-order valence-electron chi connectivity index (χ0n) is 12.0. The summed E-state index contributed by atoms with van der Waals surface area (Å²) in [6.07, 6.45) is 3.19. The van der Waals surface area contributed by atoms with E-state index >= 15 is 0 Å². The molecule has 5 rings (SSSR count). The van der Waals surface area contributed by atoms with E-state index in [0.29, 0.717) is 16.8 Å². The van der Waals surface area contributed by atoms with E-state index in [1.54, 1.807) is 27.7 Å². The van der Waals surface area contributed by atoms with E-state index in [2.05, 4.69) is 15.0 Å². The molecule has 2 aliphatic rings. The maximum atomic E-state index is 11.7. The number of rotatable bonds is 2. The van der Waals surface area contributed by atoms with Gasteiger partial charge >= 0.3 is 7.82 Å². The summed E-state index contributed by atoms with van der Waals surface area (Å²) in [6.45, 7) is -0.369. The summed E-state index contributed by atoms with van der Waals surface area (Å²) >= 11 is 0. The van der Waals surface area contributed by atoms with Crippen molar-refractivity contribution in [2.45, 2.75) is 24.5 Å². The van der Waals surface area contributed by atoms with Crippen molar-refractivity contribution in [3.05, 3.63) is 25.0 Å². The Hall–Kier alpha value is -1.88. The van der Waals surface area contributed by atoms with Crippen molar-refractivity contribution in [1.29, 1.82) is 0 Å². The van der Waals surface area contributed by atoms with E-state index in [1.807, 2.05) is 0 Å². The normalized spacial score (nSPS) is 35.9. The first kappa shape index (κ1) is 14.5. The van der Waals surface area contributed by atoms with Crippen molar-refractivity contribution in [3.63, 3.8) is 0 Å². The summed E-state index contributed by atoms with van der Waals surface area (Å²) in [4.78, 5) is 22.5. The standard InChI is InChI=1S/C12H12N5O6P/c18-3-6-8-9(23-24(19,20)22-8)12(21-6)17-5-14-7-10-13-1-2-16(10)4-15-11(7)17/h1-2,4-6,8-9,12,18H,3H2,(H,19,20)/t6-,8+,9+,12+/m0/s1. The van der Waals surface area contributed by atoms with Crippen LogP contribution in [0.2, 0.25) is 0 Å². The third kappa shape index (κ3) is 1.91. The van der Waals surface area contributed by atoms with Crippen LogP contribution >= 0.6 is 7.82 Å². The van der Waals surface area contributed by atoms with Gasteiger partial charge in [0.2, 0.25) is 0 Å². The summed E-state index contributed by atoms with van der Waals surface area (Å²) < 4.78 is 30.9. The van der Waals surface area contributed by atoms with Gasteiger partial charge < -0.3 is 14.7 Å². The topological polar surface area (TPSA) is 133 Å². The van der Waals surface area contributed by atoms with E-state index in [9.17, 15) is 14.6 Å². The SMILES string of the molecule is O=P1(O)O[C@@H]2[C@H](O1)[C@H](CO)O[C@H]2n1cnc2c1ncn1ccnc21. The van der Waals surface area contributed by atoms with Gasteiger partial charge in [-0.1, -0.05) is 0 Å². The minimum Gasteiger partial charge on any atom is -0.394 e. The summed E-state index contributed by atoms with van der Waals surface area (Å²) in [5.74, 6) is 0. The van der Waals surface area contributed by atoms with Gasteiger partial charge in [-0.3, -0.25) is 18.0 Å². The number of nitrogens with zero attached hydrogens (tertiary/aromatic N) is 5. The monoisotopic (exact) mass is 353 g/mol. The average molecular weight is 353 g/mol. The van der Waals surface area contributed by atoms with Crippen LogP contribution in [0.4, 0.5) is 0 Å². The first-order valence-corrected chi connectivity index (χ1v) is 8.67. The number of hydrogen-bond donors (Lipinski definition) is 2. The third-order valence-electron chi connectivity index (χ3n) is 4.20. The molecule has 0 spiro atoms. The first-order valence-electron chi connectivity index (χ1n) is 7.17. The highest BCUT2D eigenvalue weighted by Gasteiger charge is 2.57. The van der Waals surface area contributed by atoms with Crippen LogP contribution in [0.25, 0.3) is 16.8 Å². The van der Waals surface area contributed by atoms with Crippen molar-refractivity contribution < 1.29 is 28.3 Å².